The van der Waals surface area contributed by atoms with Crippen molar-refractivity contribution < 1.29 is 9.13 Å². The topological polar surface area (TPSA) is 70.1 Å². The second kappa shape index (κ2) is 6.57. The third-order valence-electron chi connectivity index (χ3n) is 4.35. The Labute approximate surface area is 154 Å². The zero-order chi connectivity index (χ0) is 19.0. The number of hydrogen-bond donors (Lipinski definition) is 1. The van der Waals surface area contributed by atoms with Gasteiger partial charge in [-0.05, 0) is 48.5 Å². The maximum Gasteiger partial charge on any atom is 0.298 e. The van der Waals surface area contributed by atoms with Gasteiger partial charge in [0.15, 0.2) is 5.75 Å². The zero-order valence-corrected chi connectivity index (χ0v) is 14.5. The van der Waals surface area contributed by atoms with Gasteiger partial charge in [0.05, 0.1) is 29.6 Å². The van der Waals surface area contributed by atoms with Crippen molar-refractivity contribution in [3.63, 3.8) is 0 Å². The smallest absolute Gasteiger partial charge is 0.298 e. The molecule has 5 nitrogen and oxygen atoms in total. The molecule has 2 aromatic heterocycles. The summed E-state index contributed by atoms with van der Waals surface area (Å²) in [6.07, 6.45) is 1.64. The summed E-state index contributed by atoms with van der Waals surface area (Å²) in [5.41, 5.74) is 8.27. The average molecular weight is 361 g/mol. The third kappa shape index (κ3) is 2.81. The minimum absolute atomic E-state index is 0.121. The molecule has 0 fully saturated rings. The number of halogens is 1. The van der Waals surface area contributed by atoms with E-state index >= 15 is 0 Å². The Bertz CT molecular complexity index is 1200. The monoisotopic (exact) mass is 361 g/mol. The lowest BCUT2D eigenvalue weighted by atomic mass is 10.0. The zero-order valence-electron chi connectivity index (χ0n) is 14.5. The maximum absolute atomic E-state index is 13.8. The van der Waals surface area contributed by atoms with Gasteiger partial charge in [-0.1, -0.05) is 12.1 Å². The lowest BCUT2D eigenvalue weighted by Crippen LogP contribution is -2.21. The van der Waals surface area contributed by atoms with Gasteiger partial charge in [0.25, 0.3) is 5.56 Å². The van der Waals surface area contributed by atoms with Crippen LogP contribution in [0.4, 0.5) is 10.1 Å². The van der Waals surface area contributed by atoms with Gasteiger partial charge < -0.3 is 10.5 Å². The van der Waals surface area contributed by atoms with Crippen LogP contribution in [-0.2, 0) is 0 Å². The Balaban J connectivity index is 2.20. The number of nitrogens with two attached hydrogens (primary N) is 1. The average Bonchev–Trinajstić information content (AvgIpc) is 2.68. The van der Waals surface area contributed by atoms with Crippen molar-refractivity contribution in [3.05, 3.63) is 83.0 Å². The van der Waals surface area contributed by atoms with Gasteiger partial charge in [-0.2, -0.15) is 0 Å². The molecule has 0 unspecified atom stereocenters. The summed E-state index contributed by atoms with van der Waals surface area (Å²) in [7, 11) is 1.43. The van der Waals surface area contributed by atoms with Gasteiger partial charge in [-0.3, -0.25) is 14.3 Å². The Kier molecular flexibility index (Phi) is 4.08. The number of anilines is 1. The summed E-state index contributed by atoms with van der Waals surface area (Å²) in [5, 5.41) is 0.689. The molecule has 0 saturated heterocycles. The Hall–Kier alpha value is -3.67. The number of methoxy groups -OCH3 is 1. The van der Waals surface area contributed by atoms with E-state index in [0.717, 1.165) is 0 Å². The largest absolute Gasteiger partial charge is 0.491 e. The molecule has 0 aliphatic rings. The van der Waals surface area contributed by atoms with Gasteiger partial charge in [0.2, 0.25) is 0 Å². The van der Waals surface area contributed by atoms with Crippen molar-refractivity contribution in [2.45, 2.75) is 0 Å². The van der Waals surface area contributed by atoms with Crippen LogP contribution in [0, 0.1) is 5.82 Å². The van der Waals surface area contributed by atoms with Crippen LogP contribution in [0.3, 0.4) is 0 Å². The molecule has 0 spiro atoms. The highest BCUT2D eigenvalue weighted by Gasteiger charge is 2.21. The van der Waals surface area contributed by atoms with Crippen molar-refractivity contribution in [2.75, 3.05) is 12.8 Å². The fourth-order valence-corrected chi connectivity index (χ4v) is 3.21. The number of hydrogen-bond acceptors (Lipinski definition) is 4. The highest BCUT2D eigenvalue weighted by atomic mass is 19.1. The molecule has 0 radical (unpaired) electrons. The van der Waals surface area contributed by atoms with Crippen LogP contribution in [0.1, 0.15) is 0 Å². The number of aromatic nitrogens is 2. The predicted octanol–water partition coefficient (Wildman–Crippen LogP) is 3.78. The van der Waals surface area contributed by atoms with E-state index in [2.05, 4.69) is 4.98 Å². The van der Waals surface area contributed by atoms with Crippen molar-refractivity contribution in [1.29, 1.82) is 0 Å². The Morgan fingerprint density at radius 2 is 1.93 bits per heavy atom. The second-order valence-corrected chi connectivity index (χ2v) is 6.02. The highest BCUT2D eigenvalue weighted by molar-refractivity contribution is 5.99. The second-order valence-electron chi connectivity index (χ2n) is 6.02. The van der Waals surface area contributed by atoms with Gasteiger partial charge in [-0.15, -0.1) is 0 Å². The minimum atomic E-state index is -0.434. The minimum Gasteiger partial charge on any atom is -0.491 e. The lowest BCUT2D eigenvalue weighted by molar-refractivity contribution is 0.409. The molecular formula is C21H16FN3O2. The van der Waals surface area contributed by atoms with E-state index in [9.17, 15) is 9.18 Å². The standard InChI is InChI=1S/C21H16FN3O2/c1-27-20-19(17-7-2-3-10-24-17)16-12-14(23)8-9-18(16)25(21(20)26)15-6-4-5-13(22)11-15/h2-12H,23H2,1H3. The molecule has 0 atom stereocenters. The normalized spacial score (nSPS) is 10.9. The molecule has 134 valence electrons. The van der Waals surface area contributed by atoms with Crippen LogP contribution in [0.5, 0.6) is 5.75 Å². The van der Waals surface area contributed by atoms with Crippen LogP contribution < -0.4 is 16.0 Å². The van der Waals surface area contributed by atoms with Gasteiger partial charge in [0.1, 0.15) is 5.82 Å². The van der Waals surface area contributed by atoms with Gasteiger partial charge >= 0.3 is 0 Å². The van der Waals surface area contributed by atoms with Crippen molar-refractivity contribution in [3.8, 4) is 22.7 Å². The SMILES string of the molecule is COc1c(-c2ccccn2)c2cc(N)ccc2n(-c2cccc(F)c2)c1=O. The molecule has 4 rings (SSSR count). The maximum atomic E-state index is 13.8. The van der Waals surface area contributed by atoms with E-state index in [4.69, 9.17) is 10.5 Å². The van der Waals surface area contributed by atoms with Gasteiger partial charge in [-0.25, -0.2) is 4.39 Å². The molecule has 0 aliphatic carbocycles. The highest BCUT2D eigenvalue weighted by Crippen LogP contribution is 2.35. The Morgan fingerprint density at radius 1 is 1.07 bits per heavy atom. The first-order chi connectivity index (χ1) is 13.1. The molecule has 2 N–H and O–H groups in total. The quantitative estimate of drug-likeness (QED) is 0.564. The first kappa shape index (κ1) is 16.8. The summed E-state index contributed by atoms with van der Waals surface area (Å²) < 4.78 is 20.7. The first-order valence-electron chi connectivity index (χ1n) is 8.29. The summed E-state index contributed by atoms with van der Waals surface area (Å²) in [6, 6.07) is 16.5. The number of nitrogens with zero attached hydrogens (tertiary/aromatic N) is 2. The molecular weight excluding hydrogens is 345 g/mol. The summed E-state index contributed by atoms with van der Waals surface area (Å²) in [5.74, 6) is -0.313. The number of benzene rings is 2. The van der Waals surface area contributed by atoms with E-state index < -0.39 is 11.4 Å². The summed E-state index contributed by atoms with van der Waals surface area (Å²) in [4.78, 5) is 17.6. The molecule has 0 aliphatic heterocycles. The molecule has 0 saturated carbocycles. The van der Waals surface area contributed by atoms with E-state index in [0.29, 0.717) is 33.5 Å². The van der Waals surface area contributed by atoms with Crippen molar-refractivity contribution in [1.82, 2.24) is 9.55 Å². The van der Waals surface area contributed by atoms with E-state index in [1.807, 2.05) is 6.07 Å². The lowest BCUT2D eigenvalue weighted by Gasteiger charge is -2.17. The fraction of sp³-hybridized carbons (Fsp3) is 0.0476. The van der Waals surface area contributed by atoms with Crippen molar-refractivity contribution >= 4 is 16.6 Å². The van der Waals surface area contributed by atoms with E-state index in [-0.39, 0.29) is 5.75 Å². The summed E-state index contributed by atoms with van der Waals surface area (Å²) in [6.45, 7) is 0. The van der Waals surface area contributed by atoms with Crippen LogP contribution in [0.15, 0.2) is 71.7 Å². The molecule has 2 heterocycles. The number of fused-ring (bicyclic) bond motifs is 1. The molecule has 27 heavy (non-hydrogen) atoms. The molecule has 6 heteroatoms. The van der Waals surface area contributed by atoms with Gasteiger partial charge in [0, 0.05) is 17.3 Å². The Morgan fingerprint density at radius 3 is 2.63 bits per heavy atom. The number of nitrogen functional groups attached to an aromatic ring is 1. The number of rotatable bonds is 3. The van der Waals surface area contributed by atoms with Crippen LogP contribution >= 0.6 is 0 Å². The predicted molar refractivity (Wildman–Crippen MR) is 104 cm³/mol. The van der Waals surface area contributed by atoms with E-state index in [1.54, 1.807) is 48.7 Å². The first-order valence-corrected chi connectivity index (χ1v) is 8.29. The fourth-order valence-electron chi connectivity index (χ4n) is 3.21. The number of pyridine rings is 2. The van der Waals surface area contributed by atoms with Crippen LogP contribution in [-0.4, -0.2) is 16.7 Å². The molecule has 4 aromatic rings. The summed E-state index contributed by atoms with van der Waals surface area (Å²) >= 11 is 0. The third-order valence-corrected chi connectivity index (χ3v) is 4.35. The molecule has 0 amide bonds. The number of ether oxygens (including phenoxy) is 1. The van der Waals surface area contributed by atoms with E-state index in [1.165, 1.54) is 23.8 Å². The van der Waals surface area contributed by atoms with Crippen molar-refractivity contribution in [2.24, 2.45) is 0 Å². The van der Waals surface area contributed by atoms with Crippen LogP contribution in [0.25, 0.3) is 27.8 Å². The molecule has 2 aromatic carbocycles. The molecule has 0 bridgehead atoms. The van der Waals surface area contributed by atoms with Crippen LogP contribution in [0.2, 0.25) is 0 Å².